The monoisotopic (exact) mass is 332 g/mol. The van der Waals surface area contributed by atoms with Gasteiger partial charge in [-0.3, -0.25) is 4.99 Å². The number of hydrogen-bond acceptors (Lipinski definition) is 4. The lowest BCUT2D eigenvalue weighted by Crippen LogP contribution is -2.47. The molecule has 0 aromatic carbocycles. The summed E-state index contributed by atoms with van der Waals surface area (Å²) in [6.45, 7) is 5.48. The van der Waals surface area contributed by atoms with Crippen molar-refractivity contribution in [3.05, 3.63) is 0 Å². The zero-order valence-corrected chi connectivity index (χ0v) is 14.3. The molecule has 128 valence electrons. The molecule has 3 atom stereocenters. The summed E-state index contributed by atoms with van der Waals surface area (Å²) in [6, 6.07) is 0.343. The second kappa shape index (κ2) is 8.12. The third-order valence-electron chi connectivity index (χ3n) is 4.08. The summed E-state index contributed by atoms with van der Waals surface area (Å²) < 4.78 is 31.0. The van der Waals surface area contributed by atoms with Crippen LogP contribution in [0.4, 0.5) is 0 Å². The van der Waals surface area contributed by atoms with Gasteiger partial charge >= 0.3 is 0 Å². The third-order valence-corrected chi connectivity index (χ3v) is 5.48. The molecule has 3 N–H and O–H groups in total. The van der Waals surface area contributed by atoms with Gasteiger partial charge in [0.15, 0.2) is 5.96 Å². The molecule has 3 unspecified atom stereocenters. The molecule has 2 bridgehead atoms. The first kappa shape index (κ1) is 17.5. The minimum absolute atomic E-state index is 0.116. The number of hydrogen-bond donors (Lipinski definition) is 3. The van der Waals surface area contributed by atoms with Crippen LogP contribution in [0.25, 0.3) is 0 Å². The zero-order valence-electron chi connectivity index (χ0n) is 13.5. The Morgan fingerprint density at radius 3 is 2.73 bits per heavy atom. The van der Waals surface area contributed by atoms with Gasteiger partial charge in [-0.1, -0.05) is 0 Å². The molecule has 8 heteroatoms. The summed E-state index contributed by atoms with van der Waals surface area (Å²) in [5.74, 6) is 0.909. The molecule has 22 heavy (non-hydrogen) atoms. The summed E-state index contributed by atoms with van der Waals surface area (Å²) >= 11 is 0. The van der Waals surface area contributed by atoms with Crippen LogP contribution in [0.5, 0.6) is 0 Å². The van der Waals surface area contributed by atoms with Crippen LogP contribution in [0.3, 0.4) is 0 Å². The first-order valence-electron chi connectivity index (χ1n) is 8.21. The molecule has 2 aliphatic heterocycles. The van der Waals surface area contributed by atoms with Crippen molar-refractivity contribution in [2.45, 2.75) is 57.8 Å². The van der Waals surface area contributed by atoms with Crippen molar-refractivity contribution in [1.29, 1.82) is 0 Å². The number of sulfonamides is 1. The molecule has 2 rings (SSSR count). The van der Waals surface area contributed by atoms with Crippen molar-refractivity contribution in [1.82, 2.24) is 15.4 Å². The first-order chi connectivity index (χ1) is 10.5. The van der Waals surface area contributed by atoms with E-state index in [1.54, 1.807) is 6.92 Å². The van der Waals surface area contributed by atoms with Crippen LogP contribution in [0.2, 0.25) is 0 Å². The topological polar surface area (TPSA) is 91.8 Å². The lowest BCUT2D eigenvalue weighted by atomic mass is 9.96. The second-order valence-electron chi connectivity index (χ2n) is 5.77. The van der Waals surface area contributed by atoms with E-state index in [0.717, 1.165) is 25.3 Å². The molecule has 0 aromatic rings. The van der Waals surface area contributed by atoms with Crippen molar-refractivity contribution < 1.29 is 13.2 Å². The van der Waals surface area contributed by atoms with E-state index in [1.165, 1.54) is 6.42 Å². The lowest BCUT2D eigenvalue weighted by molar-refractivity contribution is 0.0992. The van der Waals surface area contributed by atoms with Gasteiger partial charge in [0.2, 0.25) is 10.0 Å². The number of guanidine groups is 1. The number of ether oxygens (including phenoxy) is 1. The Hall–Kier alpha value is -0.860. The van der Waals surface area contributed by atoms with Gasteiger partial charge in [-0.15, -0.1) is 0 Å². The van der Waals surface area contributed by atoms with Crippen molar-refractivity contribution in [2.75, 3.05) is 25.4 Å². The van der Waals surface area contributed by atoms with Crippen LogP contribution >= 0.6 is 0 Å². The average molecular weight is 332 g/mol. The van der Waals surface area contributed by atoms with Gasteiger partial charge in [-0.25, -0.2) is 13.1 Å². The molecule has 2 fully saturated rings. The highest BCUT2D eigenvalue weighted by Crippen LogP contribution is 2.34. The van der Waals surface area contributed by atoms with Gasteiger partial charge in [0.1, 0.15) is 0 Å². The Morgan fingerprint density at radius 1 is 1.32 bits per heavy atom. The fourth-order valence-corrected chi connectivity index (χ4v) is 3.54. The maximum absolute atomic E-state index is 11.3. The molecular formula is C14H28N4O3S. The molecule has 0 aromatic heterocycles. The number of aliphatic imine (C=N–C) groups is 1. The summed E-state index contributed by atoms with van der Waals surface area (Å²) in [7, 11) is -3.10. The Labute approximate surface area is 133 Å². The maximum atomic E-state index is 11.3. The summed E-state index contributed by atoms with van der Waals surface area (Å²) in [5.41, 5.74) is 0. The normalized spacial score (nSPS) is 28.1. The zero-order chi connectivity index (χ0) is 16.0. The third kappa shape index (κ3) is 5.10. The van der Waals surface area contributed by atoms with Crippen LogP contribution in [0.1, 0.15) is 39.5 Å². The largest absolute Gasteiger partial charge is 0.373 e. The van der Waals surface area contributed by atoms with E-state index in [-0.39, 0.29) is 5.75 Å². The minimum atomic E-state index is -3.10. The second-order valence-corrected chi connectivity index (χ2v) is 7.87. The molecule has 0 amide bonds. The van der Waals surface area contributed by atoms with E-state index in [2.05, 4.69) is 20.3 Å². The van der Waals surface area contributed by atoms with E-state index in [4.69, 9.17) is 4.74 Å². The maximum Gasteiger partial charge on any atom is 0.211 e. The SMILES string of the molecule is CCNC(=NCCCNS(=O)(=O)CC)NC1CC2CCC1O2. The summed E-state index contributed by atoms with van der Waals surface area (Å²) in [6.07, 6.45) is 4.75. The highest BCUT2D eigenvalue weighted by Gasteiger charge is 2.41. The van der Waals surface area contributed by atoms with Gasteiger partial charge in [-0.2, -0.15) is 0 Å². The molecule has 0 spiro atoms. The van der Waals surface area contributed by atoms with E-state index in [1.807, 2.05) is 6.92 Å². The first-order valence-corrected chi connectivity index (χ1v) is 9.87. The van der Waals surface area contributed by atoms with Crippen molar-refractivity contribution in [3.63, 3.8) is 0 Å². The Bertz CT molecular complexity index is 480. The van der Waals surface area contributed by atoms with E-state index >= 15 is 0 Å². The molecule has 0 saturated carbocycles. The van der Waals surface area contributed by atoms with Gasteiger partial charge in [0.05, 0.1) is 24.0 Å². The molecule has 0 radical (unpaired) electrons. The quantitative estimate of drug-likeness (QED) is 0.335. The molecule has 2 saturated heterocycles. The van der Waals surface area contributed by atoms with Gasteiger partial charge in [0, 0.05) is 19.6 Å². The predicted molar refractivity (Wildman–Crippen MR) is 87.5 cm³/mol. The van der Waals surface area contributed by atoms with Crippen LogP contribution < -0.4 is 15.4 Å². The number of rotatable bonds is 8. The summed E-state index contributed by atoms with van der Waals surface area (Å²) in [5, 5.41) is 6.67. The molecule has 7 nitrogen and oxygen atoms in total. The van der Waals surface area contributed by atoms with Crippen LogP contribution in [0, 0.1) is 0 Å². The molecule has 0 aliphatic carbocycles. The molecule has 2 heterocycles. The van der Waals surface area contributed by atoms with Gasteiger partial charge in [0.25, 0.3) is 0 Å². The Morgan fingerprint density at radius 2 is 2.14 bits per heavy atom. The van der Waals surface area contributed by atoms with E-state index in [0.29, 0.717) is 37.8 Å². The van der Waals surface area contributed by atoms with E-state index < -0.39 is 10.0 Å². The fourth-order valence-electron chi connectivity index (χ4n) is 2.89. The molecule has 2 aliphatic rings. The highest BCUT2D eigenvalue weighted by atomic mass is 32.2. The average Bonchev–Trinajstić information content (AvgIpc) is 3.09. The number of nitrogens with zero attached hydrogens (tertiary/aromatic N) is 1. The smallest absolute Gasteiger partial charge is 0.211 e. The fraction of sp³-hybridized carbons (Fsp3) is 0.929. The molecular weight excluding hydrogens is 304 g/mol. The van der Waals surface area contributed by atoms with Crippen LogP contribution in [-0.4, -0.2) is 58.0 Å². The Kier molecular flexibility index (Phi) is 6.46. The van der Waals surface area contributed by atoms with Crippen molar-refractivity contribution in [2.24, 2.45) is 4.99 Å². The van der Waals surface area contributed by atoms with Crippen LogP contribution in [-0.2, 0) is 14.8 Å². The predicted octanol–water partition coefficient (Wildman–Crippen LogP) is 0.191. The van der Waals surface area contributed by atoms with Crippen molar-refractivity contribution >= 4 is 16.0 Å². The standard InChI is InChI=1S/C14H28N4O3S/c1-3-15-14(16-8-5-9-17-22(19,20)4-2)18-12-10-11-6-7-13(12)21-11/h11-13,17H,3-10H2,1-2H3,(H2,15,16,18). The van der Waals surface area contributed by atoms with Crippen LogP contribution in [0.15, 0.2) is 4.99 Å². The minimum Gasteiger partial charge on any atom is -0.373 e. The number of nitrogens with one attached hydrogen (secondary N) is 3. The van der Waals surface area contributed by atoms with Crippen molar-refractivity contribution in [3.8, 4) is 0 Å². The summed E-state index contributed by atoms with van der Waals surface area (Å²) in [4.78, 5) is 4.51. The van der Waals surface area contributed by atoms with E-state index in [9.17, 15) is 8.42 Å². The van der Waals surface area contributed by atoms with Gasteiger partial charge < -0.3 is 15.4 Å². The Balaban J connectivity index is 1.73. The number of fused-ring (bicyclic) bond motifs is 2. The van der Waals surface area contributed by atoms with Gasteiger partial charge in [-0.05, 0) is 39.5 Å². The lowest BCUT2D eigenvalue weighted by Gasteiger charge is -2.22. The highest BCUT2D eigenvalue weighted by molar-refractivity contribution is 7.89.